The molecule has 0 atom stereocenters. The molecule has 0 saturated carbocycles. The number of carbonyl (C=O) groups is 1. The van der Waals surface area contributed by atoms with Gasteiger partial charge in [0.2, 0.25) is 15.9 Å². The van der Waals surface area contributed by atoms with E-state index in [1.807, 2.05) is 24.5 Å². The molecule has 1 N–H and O–H groups in total. The molecule has 1 amide bonds. The van der Waals surface area contributed by atoms with Crippen LogP contribution in [0, 0.1) is 5.92 Å². The first-order valence-corrected chi connectivity index (χ1v) is 12.8. The lowest BCUT2D eigenvalue weighted by Crippen LogP contribution is -2.41. The molecule has 9 heteroatoms. The number of hydrogen-bond acceptors (Lipinski definition) is 6. The van der Waals surface area contributed by atoms with Gasteiger partial charge in [0, 0.05) is 24.7 Å². The number of nitrogens with one attached hydrogen (secondary N) is 1. The minimum Gasteiger partial charge on any atom is -0.326 e. The van der Waals surface area contributed by atoms with Crippen LogP contribution in [0.3, 0.4) is 0 Å². The minimum absolute atomic E-state index is 0.0595. The van der Waals surface area contributed by atoms with Gasteiger partial charge >= 0.3 is 0 Å². The van der Waals surface area contributed by atoms with Gasteiger partial charge in [-0.25, -0.2) is 13.4 Å². The summed E-state index contributed by atoms with van der Waals surface area (Å²) in [6.07, 6.45) is 3.01. The number of hydrogen-bond donors (Lipinski definition) is 1. The number of amides is 1. The van der Waals surface area contributed by atoms with Crippen LogP contribution in [0.25, 0.3) is 10.2 Å². The molecule has 2 aromatic carbocycles. The van der Waals surface area contributed by atoms with Gasteiger partial charge in [-0.2, -0.15) is 4.31 Å². The second-order valence-electron chi connectivity index (χ2n) is 6.85. The third-order valence-corrected chi connectivity index (χ3v) is 8.93. The Bertz CT molecular complexity index is 1120. The van der Waals surface area contributed by atoms with E-state index in [0.717, 1.165) is 20.2 Å². The van der Waals surface area contributed by atoms with Gasteiger partial charge in [0.15, 0.2) is 4.34 Å². The van der Waals surface area contributed by atoms with Gasteiger partial charge in [0.1, 0.15) is 0 Å². The molecule has 29 heavy (non-hydrogen) atoms. The van der Waals surface area contributed by atoms with Crippen molar-refractivity contribution in [2.24, 2.45) is 5.92 Å². The highest BCUT2D eigenvalue weighted by atomic mass is 32.2. The Labute approximate surface area is 178 Å². The number of anilines is 1. The lowest BCUT2D eigenvalue weighted by Gasteiger charge is -2.30. The van der Waals surface area contributed by atoms with Gasteiger partial charge in [-0.15, -0.1) is 11.3 Å². The minimum atomic E-state index is -3.50. The van der Waals surface area contributed by atoms with Crippen molar-refractivity contribution in [2.75, 3.05) is 24.7 Å². The quantitative estimate of drug-likeness (QED) is 0.597. The molecule has 1 fully saturated rings. The Balaban J connectivity index is 1.39. The van der Waals surface area contributed by atoms with E-state index in [1.165, 1.54) is 4.31 Å². The van der Waals surface area contributed by atoms with E-state index >= 15 is 0 Å². The largest absolute Gasteiger partial charge is 0.326 e. The molecule has 0 radical (unpaired) electrons. The molecule has 1 aromatic heterocycles. The molecule has 0 aliphatic carbocycles. The SMILES string of the molecule is CSc1nc2ccc(NC(=O)C3CCN(S(=O)(=O)c4ccccc4)CC3)cc2s1. The maximum absolute atomic E-state index is 12.7. The highest BCUT2D eigenvalue weighted by molar-refractivity contribution is 8.00. The van der Waals surface area contributed by atoms with Crippen LogP contribution in [0.15, 0.2) is 57.8 Å². The summed E-state index contributed by atoms with van der Waals surface area (Å²) >= 11 is 3.21. The maximum Gasteiger partial charge on any atom is 0.243 e. The molecule has 0 spiro atoms. The third kappa shape index (κ3) is 4.32. The second-order valence-corrected chi connectivity index (χ2v) is 10.9. The van der Waals surface area contributed by atoms with Crippen LogP contribution in [0.4, 0.5) is 5.69 Å². The normalized spacial score (nSPS) is 16.2. The fraction of sp³-hybridized carbons (Fsp3) is 0.300. The molecule has 4 rings (SSSR count). The molecular weight excluding hydrogens is 426 g/mol. The summed E-state index contributed by atoms with van der Waals surface area (Å²) in [5.41, 5.74) is 1.68. The Morgan fingerprint density at radius 1 is 1.17 bits per heavy atom. The van der Waals surface area contributed by atoms with Gasteiger partial charge in [-0.1, -0.05) is 30.0 Å². The number of sulfonamides is 1. The predicted octanol–water partition coefficient (Wildman–Crippen LogP) is 4.06. The molecule has 1 aliphatic rings. The number of rotatable bonds is 5. The van der Waals surface area contributed by atoms with E-state index in [4.69, 9.17) is 0 Å². The lowest BCUT2D eigenvalue weighted by molar-refractivity contribution is -0.120. The molecule has 1 aliphatic heterocycles. The Kier molecular flexibility index (Phi) is 5.91. The van der Waals surface area contributed by atoms with E-state index in [2.05, 4.69) is 10.3 Å². The highest BCUT2D eigenvalue weighted by Gasteiger charge is 2.32. The van der Waals surface area contributed by atoms with Crippen LogP contribution >= 0.6 is 23.1 Å². The van der Waals surface area contributed by atoms with Crippen molar-refractivity contribution < 1.29 is 13.2 Å². The number of thiazole rings is 1. The van der Waals surface area contributed by atoms with Gasteiger partial charge in [0.05, 0.1) is 15.1 Å². The number of piperidine rings is 1. The summed E-state index contributed by atoms with van der Waals surface area (Å²) < 4.78 is 29.0. The van der Waals surface area contributed by atoms with Gasteiger partial charge < -0.3 is 5.32 Å². The van der Waals surface area contributed by atoms with Crippen LogP contribution in [0.2, 0.25) is 0 Å². The van der Waals surface area contributed by atoms with Crippen LogP contribution in [-0.2, 0) is 14.8 Å². The molecule has 0 bridgehead atoms. The highest BCUT2D eigenvalue weighted by Crippen LogP contribution is 2.30. The van der Waals surface area contributed by atoms with Crippen LogP contribution in [0.5, 0.6) is 0 Å². The summed E-state index contributed by atoms with van der Waals surface area (Å²) in [6.45, 7) is 0.695. The number of benzene rings is 2. The third-order valence-electron chi connectivity index (χ3n) is 5.02. The van der Waals surface area contributed by atoms with Crippen molar-refractivity contribution in [3.05, 3.63) is 48.5 Å². The number of thioether (sulfide) groups is 1. The molecule has 1 saturated heterocycles. The second kappa shape index (κ2) is 8.43. The van der Waals surface area contributed by atoms with Gasteiger partial charge in [-0.3, -0.25) is 4.79 Å². The number of carbonyl (C=O) groups excluding carboxylic acids is 1. The van der Waals surface area contributed by atoms with E-state index in [1.54, 1.807) is 53.4 Å². The smallest absolute Gasteiger partial charge is 0.243 e. The number of nitrogens with zero attached hydrogens (tertiary/aromatic N) is 2. The van der Waals surface area contributed by atoms with Gasteiger partial charge in [0.25, 0.3) is 0 Å². The molecule has 3 aromatic rings. The first-order valence-electron chi connectivity index (χ1n) is 9.28. The average Bonchev–Trinajstić information content (AvgIpc) is 3.17. The fourth-order valence-electron chi connectivity index (χ4n) is 3.41. The van der Waals surface area contributed by atoms with Crippen molar-refractivity contribution in [2.45, 2.75) is 22.1 Å². The fourth-order valence-corrected chi connectivity index (χ4v) is 6.43. The predicted molar refractivity (Wildman–Crippen MR) is 118 cm³/mol. The molecule has 2 heterocycles. The molecule has 152 valence electrons. The summed E-state index contributed by atoms with van der Waals surface area (Å²) in [5.74, 6) is -0.258. The summed E-state index contributed by atoms with van der Waals surface area (Å²) in [7, 11) is -3.50. The Morgan fingerprint density at radius 3 is 2.59 bits per heavy atom. The number of aromatic nitrogens is 1. The van der Waals surface area contributed by atoms with E-state index in [0.29, 0.717) is 30.8 Å². The van der Waals surface area contributed by atoms with Gasteiger partial charge in [-0.05, 0) is 49.4 Å². The van der Waals surface area contributed by atoms with Crippen molar-refractivity contribution in [3.63, 3.8) is 0 Å². The zero-order chi connectivity index (χ0) is 20.4. The molecule has 6 nitrogen and oxygen atoms in total. The molecular formula is C20H21N3O3S3. The standard InChI is InChI=1S/C20H21N3O3S3/c1-27-20-22-17-8-7-15(13-18(17)28-20)21-19(24)14-9-11-23(12-10-14)29(25,26)16-5-3-2-4-6-16/h2-8,13-14H,9-12H2,1H3,(H,21,24). The Morgan fingerprint density at radius 2 is 1.90 bits per heavy atom. The van der Waals surface area contributed by atoms with Crippen molar-refractivity contribution in [1.29, 1.82) is 0 Å². The molecule has 0 unspecified atom stereocenters. The van der Waals surface area contributed by atoms with Crippen LogP contribution in [0.1, 0.15) is 12.8 Å². The van der Waals surface area contributed by atoms with E-state index in [9.17, 15) is 13.2 Å². The topological polar surface area (TPSA) is 79.4 Å². The summed E-state index contributed by atoms with van der Waals surface area (Å²) in [4.78, 5) is 17.5. The first kappa shape index (κ1) is 20.3. The van der Waals surface area contributed by atoms with Crippen molar-refractivity contribution >= 4 is 54.9 Å². The Hall–Kier alpha value is -1.94. The summed E-state index contributed by atoms with van der Waals surface area (Å²) in [6, 6.07) is 14.2. The monoisotopic (exact) mass is 447 g/mol. The van der Waals surface area contributed by atoms with E-state index < -0.39 is 10.0 Å². The zero-order valence-electron chi connectivity index (χ0n) is 15.9. The van der Waals surface area contributed by atoms with Crippen molar-refractivity contribution in [3.8, 4) is 0 Å². The van der Waals surface area contributed by atoms with Crippen LogP contribution in [-0.4, -0.2) is 43.0 Å². The first-order chi connectivity index (χ1) is 14.0. The van der Waals surface area contributed by atoms with E-state index in [-0.39, 0.29) is 11.8 Å². The zero-order valence-corrected chi connectivity index (χ0v) is 18.3. The number of fused-ring (bicyclic) bond motifs is 1. The summed E-state index contributed by atoms with van der Waals surface area (Å²) in [5, 5.41) is 2.98. The maximum atomic E-state index is 12.7. The van der Waals surface area contributed by atoms with Crippen LogP contribution < -0.4 is 5.32 Å². The van der Waals surface area contributed by atoms with Crippen molar-refractivity contribution in [1.82, 2.24) is 9.29 Å². The lowest BCUT2D eigenvalue weighted by atomic mass is 9.97. The average molecular weight is 448 g/mol.